The first-order valence-electron chi connectivity index (χ1n) is 9.80. The van der Waals surface area contributed by atoms with Gasteiger partial charge in [-0.1, -0.05) is 12.2 Å². The van der Waals surface area contributed by atoms with Crippen LogP contribution in [-0.2, 0) is 14.2 Å². The first kappa shape index (κ1) is 24.2. The van der Waals surface area contributed by atoms with Crippen LogP contribution in [0.15, 0.2) is 24.3 Å². The smallest absolute Gasteiger partial charge is 0.412 e. The Morgan fingerprint density at radius 1 is 1.06 bits per heavy atom. The Kier molecular flexibility index (Phi) is 6.98. The first-order chi connectivity index (χ1) is 14.2. The zero-order valence-electron chi connectivity index (χ0n) is 18.9. The highest BCUT2D eigenvalue weighted by Gasteiger charge is 2.33. The van der Waals surface area contributed by atoms with Gasteiger partial charge in [0.1, 0.15) is 17.0 Å². The monoisotopic (exact) mass is 436 g/mol. The molecule has 0 unspecified atom stereocenters. The third kappa shape index (κ3) is 6.44. The van der Waals surface area contributed by atoms with E-state index in [-0.39, 0.29) is 17.8 Å². The van der Waals surface area contributed by atoms with Gasteiger partial charge in [-0.25, -0.2) is 18.8 Å². The zero-order valence-corrected chi connectivity index (χ0v) is 18.9. The van der Waals surface area contributed by atoms with E-state index in [4.69, 9.17) is 9.47 Å². The second kappa shape index (κ2) is 8.95. The maximum Gasteiger partial charge on any atom is 0.412 e. The van der Waals surface area contributed by atoms with E-state index in [1.54, 1.807) is 53.7 Å². The van der Waals surface area contributed by atoms with Crippen molar-refractivity contribution in [1.29, 1.82) is 0 Å². The Labute approximate surface area is 181 Å². The summed E-state index contributed by atoms with van der Waals surface area (Å²) in [6.07, 6.45) is 2.06. The van der Waals surface area contributed by atoms with Crippen LogP contribution in [0.1, 0.15) is 63.5 Å². The summed E-state index contributed by atoms with van der Waals surface area (Å²) in [5, 5.41) is 2.51. The van der Waals surface area contributed by atoms with Crippen LogP contribution in [0.25, 0.3) is 0 Å². The fraction of sp³-hybridized carbons (Fsp3) is 0.500. The Morgan fingerprint density at radius 3 is 2.23 bits per heavy atom. The highest BCUT2D eigenvalue weighted by atomic mass is 19.1. The Bertz CT molecular complexity index is 898. The second-order valence-corrected chi connectivity index (χ2v) is 9.04. The van der Waals surface area contributed by atoms with Gasteiger partial charge in [0.25, 0.3) is 0 Å². The van der Waals surface area contributed by atoms with Gasteiger partial charge in [0, 0.05) is 12.1 Å². The van der Waals surface area contributed by atoms with Crippen molar-refractivity contribution in [2.75, 3.05) is 19.0 Å². The molecule has 31 heavy (non-hydrogen) atoms. The van der Waals surface area contributed by atoms with Crippen LogP contribution in [0.4, 0.5) is 19.7 Å². The van der Waals surface area contributed by atoms with E-state index >= 15 is 0 Å². The van der Waals surface area contributed by atoms with Gasteiger partial charge in [-0.2, -0.15) is 0 Å². The van der Waals surface area contributed by atoms with Crippen molar-refractivity contribution in [3.63, 3.8) is 0 Å². The predicted molar refractivity (Wildman–Crippen MR) is 112 cm³/mol. The van der Waals surface area contributed by atoms with E-state index in [9.17, 15) is 18.8 Å². The Balaban J connectivity index is 2.49. The lowest BCUT2D eigenvalue weighted by atomic mass is 10.0. The molecule has 1 N–H and O–H groups in total. The molecule has 8 nitrogen and oxygen atoms in total. The first-order valence-corrected chi connectivity index (χ1v) is 9.80. The molecule has 0 aromatic heterocycles. The number of halogens is 1. The SMILES string of the molecule is COC(=O)c1cc([C@H]2C=CCN2C(=O)OC(C)(C)C)c(NC(=O)OC(C)(C)C)cc1F. The molecule has 0 fully saturated rings. The molecule has 1 aromatic carbocycles. The molecule has 0 saturated carbocycles. The third-order valence-corrected chi connectivity index (χ3v) is 4.08. The molecular formula is C22H29FN2O6. The van der Waals surface area contributed by atoms with Crippen LogP contribution in [-0.4, -0.2) is 47.9 Å². The number of anilines is 1. The zero-order chi connectivity index (χ0) is 23.6. The highest BCUT2D eigenvalue weighted by molar-refractivity contribution is 5.92. The quantitative estimate of drug-likeness (QED) is 0.415. The minimum Gasteiger partial charge on any atom is -0.465 e. The lowest BCUT2D eigenvalue weighted by Crippen LogP contribution is -2.37. The molecule has 2 rings (SSSR count). The van der Waals surface area contributed by atoms with E-state index in [1.807, 2.05) is 0 Å². The van der Waals surface area contributed by atoms with Crippen LogP contribution >= 0.6 is 0 Å². The molecule has 1 aliphatic heterocycles. The summed E-state index contributed by atoms with van der Waals surface area (Å²) in [5.74, 6) is -1.76. The van der Waals surface area contributed by atoms with Crippen molar-refractivity contribution >= 4 is 23.8 Å². The van der Waals surface area contributed by atoms with Crippen LogP contribution in [0.5, 0.6) is 0 Å². The van der Waals surface area contributed by atoms with Gasteiger partial charge < -0.3 is 14.2 Å². The molecule has 1 atom stereocenters. The normalized spacial score (nSPS) is 16.1. The summed E-state index contributed by atoms with van der Waals surface area (Å²) in [6.45, 7) is 10.6. The number of ether oxygens (including phenoxy) is 3. The third-order valence-electron chi connectivity index (χ3n) is 4.08. The number of nitrogens with one attached hydrogen (secondary N) is 1. The van der Waals surface area contributed by atoms with Gasteiger partial charge in [0.15, 0.2) is 0 Å². The summed E-state index contributed by atoms with van der Waals surface area (Å²) in [6, 6.07) is 1.56. The van der Waals surface area contributed by atoms with Gasteiger partial charge in [0.05, 0.1) is 24.4 Å². The molecule has 0 bridgehead atoms. The minimum absolute atomic E-state index is 0.0597. The summed E-state index contributed by atoms with van der Waals surface area (Å²) < 4.78 is 30.0. The number of methoxy groups -OCH3 is 1. The van der Waals surface area contributed by atoms with Crippen molar-refractivity contribution in [1.82, 2.24) is 4.90 Å². The maximum atomic E-state index is 14.6. The number of carbonyl (C=O) groups excluding carboxylic acids is 3. The van der Waals surface area contributed by atoms with E-state index in [0.29, 0.717) is 5.56 Å². The summed E-state index contributed by atoms with van der Waals surface area (Å²) in [7, 11) is 1.14. The van der Waals surface area contributed by atoms with Crippen LogP contribution < -0.4 is 5.32 Å². The molecule has 170 valence electrons. The average molecular weight is 436 g/mol. The average Bonchev–Trinajstić information content (AvgIpc) is 3.07. The Hall–Kier alpha value is -3.10. The predicted octanol–water partition coefficient (Wildman–Crippen LogP) is 4.81. The summed E-state index contributed by atoms with van der Waals surface area (Å²) >= 11 is 0. The highest BCUT2D eigenvalue weighted by Crippen LogP contribution is 2.35. The molecule has 9 heteroatoms. The number of rotatable bonds is 3. The molecule has 1 aliphatic rings. The molecule has 0 saturated heterocycles. The second-order valence-electron chi connectivity index (χ2n) is 9.04. The molecule has 0 aliphatic carbocycles. The number of benzene rings is 1. The molecule has 1 aromatic rings. The van der Waals surface area contributed by atoms with Crippen molar-refractivity contribution in [3.8, 4) is 0 Å². The number of hydrogen-bond donors (Lipinski definition) is 1. The number of hydrogen-bond acceptors (Lipinski definition) is 6. The molecule has 2 amide bonds. The van der Waals surface area contributed by atoms with Gasteiger partial charge >= 0.3 is 18.2 Å². The van der Waals surface area contributed by atoms with Gasteiger partial charge in [-0.3, -0.25) is 10.2 Å². The van der Waals surface area contributed by atoms with E-state index in [1.165, 1.54) is 11.0 Å². The van der Waals surface area contributed by atoms with Gasteiger partial charge in [-0.15, -0.1) is 0 Å². The molecule has 0 radical (unpaired) electrons. The topological polar surface area (TPSA) is 94.2 Å². The molecule has 0 spiro atoms. The minimum atomic E-state index is -0.882. The number of amides is 2. The summed E-state index contributed by atoms with van der Waals surface area (Å²) in [5.41, 5.74) is -1.44. The van der Waals surface area contributed by atoms with Crippen molar-refractivity contribution in [3.05, 3.63) is 41.2 Å². The number of carbonyl (C=O) groups is 3. The van der Waals surface area contributed by atoms with Crippen LogP contribution in [0.2, 0.25) is 0 Å². The van der Waals surface area contributed by atoms with E-state index < -0.39 is 41.2 Å². The van der Waals surface area contributed by atoms with Crippen molar-refractivity contribution < 1.29 is 33.0 Å². The van der Waals surface area contributed by atoms with Crippen LogP contribution in [0, 0.1) is 5.82 Å². The largest absolute Gasteiger partial charge is 0.465 e. The summed E-state index contributed by atoms with van der Waals surface area (Å²) in [4.78, 5) is 38.4. The van der Waals surface area contributed by atoms with Crippen molar-refractivity contribution in [2.24, 2.45) is 0 Å². The molecule has 1 heterocycles. The number of esters is 1. The standard InChI is InChI=1S/C22H29FN2O6/c1-21(2,3)30-19(27)24-16-12-15(23)13(18(26)29-7)11-14(16)17-9-8-10-25(17)20(28)31-22(4,5)6/h8-9,11-12,17H,10H2,1-7H3,(H,24,27)/t17-/m1/s1. The van der Waals surface area contributed by atoms with Crippen LogP contribution in [0.3, 0.4) is 0 Å². The lowest BCUT2D eigenvalue weighted by molar-refractivity contribution is 0.0241. The fourth-order valence-electron chi connectivity index (χ4n) is 2.92. The lowest BCUT2D eigenvalue weighted by Gasteiger charge is -2.30. The maximum absolute atomic E-state index is 14.6. The fourth-order valence-corrected chi connectivity index (χ4v) is 2.92. The molecular weight excluding hydrogens is 407 g/mol. The van der Waals surface area contributed by atoms with Crippen molar-refractivity contribution in [2.45, 2.75) is 58.8 Å². The van der Waals surface area contributed by atoms with Gasteiger partial charge in [-0.05, 0) is 53.7 Å². The number of nitrogens with zero attached hydrogens (tertiary/aromatic N) is 1. The van der Waals surface area contributed by atoms with Gasteiger partial charge in [0.2, 0.25) is 0 Å². The van der Waals surface area contributed by atoms with E-state index in [2.05, 4.69) is 10.1 Å². The Morgan fingerprint density at radius 2 is 1.68 bits per heavy atom. The van der Waals surface area contributed by atoms with E-state index in [0.717, 1.165) is 13.2 Å².